The highest BCUT2D eigenvalue weighted by Crippen LogP contribution is 2.40. The van der Waals surface area contributed by atoms with E-state index in [0.717, 1.165) is 66.5 Å². The van der Waals surface area contributed by atoms with Crippen molar-refractivity contribution >= 4 is 43.7 Å². The first kappa shape index (κ1) is 28.2. The summed E-state index contributed by atoms with van der Waals surface area (Å²) in [5, 5.41) is 4.55. The van der Waals surface area contributed by atoms with E-state index in [4.69, 9.17) is 19.4 Å². The minimum absolute atomic E-state index is 0.598. The lowest BCUT2D eigenvalue weighted by molar-refractivity contribution is 0.670. The van der Waals surface area contributed by atoms with Gasteiger partial charge >= 0.3 is 0 Å². The molecule has 5 nitrogen and oxygen atoms in total. The molecule has 0 N–H and O–H groups in total. The summed E-state index contributed by atoms with van der Waals surface area (Å²) in [6, 6.07) is 58.5. The average molecular weight is 641 g/mol. The lowest BCUT2D eigenvalue weighted by atomic mass is 9.97. The second-order valence-electron chi connectivity index (χ2n) is 12.4. The molecule has 0 saturated heterocycles. The van der Waals surface area contributed by atoms with Gasteiger partial charge in [0.15, 0.2) is 17.5 Å². The van der Waals surface area contributed by atoms with E-state index in [0.29, 0.717) is 17.5 Å². The quantitative estimate of drug-likeness (QED) is 0.188. The van der Waals surface area contributed by atoms with Crippen molar-refractivity contribution in [2.45, 2.75) is 0 Å². The van der Waals surface area contributed by atoms with Crippen LogP contribution in [0.25, 0.3) is 94.7 Å². The van der Waals surface area contributed by atoms with Gasteiger partial charge in [0.1, 0.15) is 11.2 Å². The van der Waals surface area contributed by atoms with Gasteiger partial charge in [0.05, 0.1) is 11.0 Å². The molecule has 0 aliphatic heterocycles. The summed E-state index contributed by atoms with van der Waals surface area (Å²) in [5.74, 6) is 1.82. The summed E-state index contributed by atoms with van der Waals surface area (Å²) in [7, 11) is 0. The van der Waals surface area contributed by atoms with Crippen LogP contribution >= 0.6 is 0 Å². The highest BCUT2D eigenvalue weighted by atomic mass is 16.3. The molecule has 0 spiro atoms. The topological polar surface area (TPSA) is 56.7 Å². The van der Waals surface area contributed by atoms with Crippen molar-refractivity contribution < 1.29 is 4.42 Å². The lowest BCUT2D eigenvalue weighted by Crippen LogP contribution is -2.01. The SMILES string of the molecule is c1ccc(-c2nc(-c3ccc4c5ccccc5n(-c5ccccc5)c4c3)nc(-c3ccccc3-c3cccc4c3oc3ccccc34)n2)cc1. The van der Waals surface area contributed by atoms with Gasteiger partial charge < -0.3 is 8.98 Å². The second kappa shape index (κ2) is 11.4. The highest BCUT2D eigenvalue weighted by molar-refractivity contribution is 6.11. The molecule has 0 radical (unpaired) electrons. The van der Waals surface area contributed by atoms with Crippen molar-refractivity contribution in [1.82, 2.24) is 19.5 Å². The summed E-state index contributed by atoms with van der Waals surface area (Å²) in [5.41, 5.74) is 9.79. The van der Waals surface area contributed by atoms with Crippen molar-refractivity contribution in [1.29, 1.82) is 0 Å². The fourth-order valence-corrected chi connectivity index (χ4v) is 7.18. The van der Waals surface area contributed by atoms with Crippen LogP contribution in [0.5, 0.6) is 0 Å². The van der Waals surface area contributed by atoms with Crippen molar-refractivity contribution in [3.8, 4) is 51.0 Å². The van der Waals surface area contributed by atoms with Crippen LogP contribution in [0.2, 0.25) is 0 Å². The fraction of sp³-hybridized carbons (Fsp3) is 0. The van der Waals surface area contributed by atoms with Crippen LogP contribution in [0.15, 0.2) is 174 Å². The van der Waals surface area contributed by atoms with Crippen molar-refractivity contribution in [2.24, 2.45) is 0 Å². The predicted molar refractivity (Wildman–Crippen MR) is 203 cm³/mol. The normalized spacial score (nSPS) is 11.6. The summed E-state index contributed by atoms with van der Waals surface area (Å²) in [4.78, 5) is 15.4. The summed E-state index contributed by atoms with van der Waals surface area (Å²) < 4.78 is 8.79. The Bertz CT molecular complexity index is 2870. The van der Waals surface area contributed by atoms with Crippen LogP contribution in [-0.2, 0) is 0 Å². The van der Waals surface area contributed by atoms with Crippen LogP contribution in [-0.4, -0.2) is 19.5 Å². The van der Waals surface area contributed by atoms with E-state index in [2.05, 4.69) is 114 Å². The number of hydrogen-bond acceptors (Lipinski definition) is 4. The average Bonchev–Trinajstić information content (AvgIpc) is 3.74. The number of para-hydroxylation sites is 4. The molecule has 0 unspecified atom stereocenters. The molecular weight excluding hydrogens is 613 g/mol. The molecule has 50 heavy (non-hydrogen) atoms. The lowest BCUT2D eigenvalue weighted by Gasteiger charge is -2.13. The van der Waals surface area contributed by atoms with Gasteiger partial charge in [0, 0.05) is 49.5 Å². The van der Waals surface area contributed by atoms with Gasteiger partial charge in [-0.1, -0.05) is 140 Å². The smallest absolute Gasteiger partial charge is 0.164 e. The Kier molecular flexibility index (Phi) is 6.42. The van der Waals surface area contributed by atoms with Gasteiger partial charge in [0.25, 0.3) is 0 Å². The van der Waals surface area contributed by atoms with Gasteiger partial charge in [-0.15, -0.1) is 0 Å². The molecule has 0 atom stereocenters. The minimum atomic E-state index is 0.598. The molecule has 0 aliphatic rings. The molecule has 5 heteroatoms. The Morgan fingerprint density at radius 1 is 0.380 bits per heavy atom. The Labute approximate surface area is 287 Å². The molecule has 0 bridgehead atoms. The van der Waals surface area contributed by atoms with Crippen LogP contribution in [0, 0.1) is 0 Å². The molecule has 3 aromatic heterocycles. The van der Waals surface area contributed by atoms with Gasteiger partial charge in [-0.2, -0.15) is 0 Å². The van der Waals surface area contributed by atoms with Crippen LogP contribution in [0.4, 0.5) is 0 Å². The molecule has 0 fully saturated rings. The number of furan rings is 1. The number of rotatable bonds is 5. The zero-order chi connectivity index (χ0) is 33.0. The Morgan fingerprint density at radius 2 is 0.980 bits per heavy atom. The fourth-order valence-electron chi connectivity index (χ4n) is 7.18. The van der Waals surface area contributed by atoms with E-state index < -0.39 is 0 Å². The maximum Gasteiger partial charge on any atom is 0.164 e. The van der Waals surface area contributed by atoms with E-state index in [1.165, 1.54) is 10.8 Å². The number of nitrogens with zero attached hydrogens (tertiary/aromatic N) is 4. The van der Waals surface area contributed by atoms with Gasteiger partial charge in [0.2, 0.25) is 0 Å². The van der Waals surface area contributed by atoms with E-state index in [1.807, 2.05) is 60.7 Å². The van der Waals surface area contributed by atoms with Crippen LogP contribution in [0.1, 0.15) is 0 Å². The molecule has 234 valence electrons. The molecule has 0 amide bonds. The molecule has 10 aromatic rings. The zero-order valence-corrected chi connectivity index (χ0v) is 26.9. The molecule has 0 aliphatic carbocycles. The second-order valence-corrected chi connectivity index (χ2v) is 12.4. The molecule has 10 rings (SSSR count). The van der Waals surface area contributed by atoms with Crippen molar-refractivity contribution in [3.63, 3.8) is 0 Å². The van der Waals surface area contributed by atoms with Crippen molar-refractivity contribution in [2.75, 3.05) is 0 Å². The Morgan fingerprint density at radius 3 is 1.82 bits per heavy atom. The minimum Gasteiger partial charge on any atom is -0.455 e. The number of benzene rings is 7. The van der Waals surface area contributed by atoms with Crippen LogP contribution in [0.3, 0.4) is 0 Å². The van der Waals surface area contributed by atoms with E-state index in [-0.39, 0.29) is 0 Å². The molecular formula is C45H28N4O. The Balaban J connectivity index is 1.21. The van der Waals surface area contributed by atoms with E-state index in [1.54, 1.807) is 0 Å². The highest BCUT2D eigenvalue weighted by Gasteiger charge is 2.20. The summed E-state index contributed by atoms with van der Waals surface area (Å²) >= 11 is 0. The number of fused-ring (bicyclic) bond motifs is 6. The monoisotopic (exact) mass is 640 g/mol. The molecule has 0 saturated carbocycles. The van der Waals surface area contributed by atoms with Crippen LogP contribution < -0.4 is 0 Å². The third-order valence-electron chi connectivity index (χ3n) is 9.48. The molecule has 7 aromatic carbocycles. The predicted octanol–water partition coefficient (Wildman–Crippen LogP) is 11.5. The van der Waals surface area contributed by atoms with Gasteiger partial charge in [-0.25, -0.2) is 15.0 Å². The molecule has 3 heterocycles. The summed E-state index contributed by atoms with van der Waals surface area (Å²) in [6.45, 7) is 0. The van der Waals surface area contributed by atoms with Gasteiger partial charge in [-0.3, -0.25) is 0 Å². The van der Waals surface area contributed by atoms with E-state index >= 15 is 0 Å². The zero-order valence-electron chi connectivity index (χ0n) is 26.9. The first-order chi connectivity index (χ1) is 24.8. The number of aromatic nitrogens is 4. The number of hydrogen-bond donors (Lipinski definition) is 0. The standard InChI is InChI=1S/C45H28N4O/c1-3-14-29(15-4-1)43-46-44(30-26-27-34-33-19-9-11-24-39(33)49(40(34)28-30)31-16-5-2-6-17-31)48-45(47-43)38-21-8-7-18-32(38)36-22-13-23-37-35-20-10-12-25-41(35)50-42(36)37/h1-28H. The maximum atomic E-state index is 6.47. The maximum absolute atomic E-state index is 6.47. The first-order valence-electron chi connectivity index (χ1n) is 16.7. The van der Waals surface area contributed by atoms with Gasteiger partial charge in [-0.05, 0) is 35.9 Å². The first-order valence-corrected chi connectivity index (χ1v) is 16.7. The Hall–Kier alpha value is -6.85. The third kappa shape index (κ3) is 4.52. The third-order valence-corrected chi connectivity index (χ3v) is 9.48. The summed E-state index contributed by atoms with van der Waals surface area (Å²) in [6.07, 6.45) is 0. The van der Waals surface area contributed by atoms with E-state index in [9.17, 15) is 0 Å². The van der Waals surface area contributed by atoms with Crippen molar-refractivity contribution in [3.05, 3.63) is 170 Å². The largest absolute Gasteiger partial charge is 0.455 e.